The third kappa shape index (κ3) is 6.25. The minimum absolute atomic E-state index is 0. The molecule has 0 bridgehead atoms. The number of benzene rings is 1. The molecule has 0 atom stereocenters. The summed E-state index contributed by atoms with van der Waals surface area (Å²) in [7, 11) is 3.89. The van der Waals surface area contributed by atoms with Gasteiger partial charge in [-0.05, 0) is 51.6 Å². The molecule has 1 fully saturated rings. The van der Waals surface area contributed by atoms with Crippen LogP contribution in [-0.2, 0) is 13.1 Å². The summed E-state index contributed by atoms with van der Waals surface area (Å²) >= 11 is 0. The van der Waals surface area contributed by atoms with Crippen LogP contribution in [0.4, 0.5) is 4.39 Å². The van der Waals surface area contributed by atoms with Gasteiger partial charge in [-0.15, -0.1) is 24.0 Å². The predicted octanol–water partition coefficient (Wildman–Crippen LogP) is 3.07. The lowest BCUT2D eigenvalue weighted by atomic mass is 10.1. The van der Waals surface area contributed by atoms with Gasteiger partial charge in [-0.3, -0.25) is 0 Å². The summed E-state index contributed by atoms with van der Waals surface area (Å²) in [6.45, 7) is 6.28. The van der Waals surface area contributed by atoms with Gasteiger partial charge in [0.25, 0.3) is 0 Å². The maximum absolute atomic E-state index is 13.8. The average molecular weight is 434 g/mol. The van der Waals surface area contributed by atoms with Gasteiger partial charge in [0.05, 0.1) is 6.54 Å². The number of likely N-dealkylation sites (tertiary alicyclic amines) is 1. The maximum Gasteiger partial charge on any atom is 0.194 e. The van der Waals surface area contributed by atoms with Crippen molar-refractivity contribution >= 4 is 29.9 Å². The standard InChI is InChI=1S/C17H27FN4.HI/c1-4-19-17(22-9-5-6-10-22)20-12-14-7-8-16(18)15(11-14)13-21(2)3;/h7-8,11H,4-6,9-10,12-13H2,1-3H3,(H,19,20);1H. The summed E-state index contributed by atoms with van der Waals surface area (Å²) in [5.41, 5.74) is 1.77. The fourth-order valence-corrected chi connectivity index (χ4v) is 2.71. The molecule has 130 valence electrons. The van der Waals surface area contributed by atoms with Crippen LogP contribution in [0.2, 0.25) is 0 Å². The normalized spacial score (nSPS) is 15.0. The number of hydrogen-bond donors (Lipinski definition) is 1. The molecule has 1 aromatic carbocycles. The van der Waals surface area contributed by atoms with Crippen LogP contribution >= 0.6 is 24.0 Å². The average Bonchev–Trinajstić information content (AvgIpc) is 3.00. The lowest BCUT2D eigenvalue weighted by molar-refractivity contribution is 0.392. The number of guanidine groups is 1. The van der Waals surface area contributed by atoms with Crippen LogP contribution in [0.1, 0.15) is 30.9 Å². The van der Waals surface area contributed by atoms with Gasteiger partial charge >= 0.3 is 0 Å². The zero-order valence-corrected chi connectivity index (χ0v) is 16.6. The largest absolute Gasteiger partial charge is 0.357 e. The third-order valence-electron chi connectivity index (χ3n) is 3.75. The highest BCUT2D eigenvalue weighted by atomic mass is 127. The van der Waals surface area contributed by atoms with E-state index in [1.165, 1.54) is 12.8 Å². The Morgan fingerprint density at radius 2 is 2.00 bits per heavy atom. The highest BCUT2D eigenvalue weighted by Gasteiger charge is 2.15. The Morgan fingerprint density at radius 1 is 1.30 bits per heavy atom. The van der Waals surface area contributed by atoms with Crippen LogP contribution in [-0.4, -0.2) is 49.5 Å². The topological polar surface area (TPSA) is 30.9 Å². The second-order valence-corrected chi connectivity index (χ2v) is 6.03. The van der Waals surface area contributed by atoms with E-state index in [-0.39, 0.29) is 29.8 Å². The molecular formula is C17H28FIN4. The molecule has 1 N–H and O–H groups in total. The molecule has 23 heavy (non-hydrogen) atoms. The van der Waals surface area contributed by atoms with Gasteiger partial charge in [0.15, 0.2) is 5.96 Å². The van der Waals surface area contributed by atoms with Crippen molar-refractivity contribution in [3.63, 3.8) is 0 Å². The van der Waals surface area contributed by atoms with E-state index in [4.69, 9.17) is 4.99 Å². The van der Waals surface area contributed by atoms with Gasteiger partial charge in [0.1, 0.15) is 5.82 Å². The summed E-state index contributed by atoms with van der Waals surface area (Å²) in [4.78, 5) is 8.98. The fraction of sp³-hybridized carbons (Fsp3) is 0.588. The molecule has 1 heterocycles. The Bertz CT molecular complexity index is 513. The first-order valence-corrected chi connectivity index (χ1v) is 8.05. The number of nitrogens with one attached hydrogen (secondary N) is 1. The van der Waals surface area contributed by atoms with Gasteiger partial charge in [-0.1, -0.05) is 6.07 Å². The molecule has 0 saturated carbocycles. The molecule has 1 saturated heterocycles. The number of halogens is 2. The third-order valence-corrected chi connectivity index (χ3v) is 3.75. The van der Waals surface area contributed by atoms with Crippen molar-refractivity contribution in [1.29, 1.82) is 0 Å². The Labute approximate surface area is 156 Å². The zero-order chi connectivity index (χ0) is 15.9. The van der Waals surface area contributed by atoms with E-state index >= 15 is 0 Å². The molecule has 0 aromatic heterocycles. The van der Waals surface area contributed by atoms with Crippen LogP contribution < -0.4 is 5.32 Å². The lowest BCUT2D eigenvalue weighted by Gasteiger charge is -2.20. The van der Waals surface area contributed by atoms with E-state index < -0.39 is 0 Å². The number of hydrogen-bond acceptors (Lipinski definition) is 2. The summed E-state index contributed by atoms with van der Waals surface area (Å²) < 4.78 is 13.8. The fourth-order valence-electron chi connectivity index (χ4n) is 2.71. The smallest absolute Gasteiger partial charge is 0.194 e. The first-order chi connectivity index (χ1) is 10.6. The molecule has 1 aliphatic heterocycles. The van der Waals surface area contributed by atoms with Gasteiger partial charge in [-0.25, -0.2) is 9.38 Å². The summed E-state index contributed by atoms with van der Waals surface area (Å²) in [6.07, 6.45) is 2.46. The SMILES string of the molecule is CCNC(=NCc1ccc(F)c(CN(C)C)c1)N1CCCC1.I. The van der Waals surface area contributed by atoms with Gasteiger partial charge in [0.2, 0.25) is 0 Å². The molecule has 0 radical (unpaired) electrons. The van der Waals surface area contributed by atoms with Crippen molar-refractivity contribution in [3.8, 4) is 0 Å². The summed E-state index contributed by atoms with van der Waals surface area (Å²) in [5, 5.41) is 3.35. The first kappa shape index (κ1) is 20.2. The number of aliphatic imine (C=N–C) groups is 1. The van der Waals surface area contributed by atoms with E-state index in [0.29, 0.717) is 13.1 Å². The van der Waals surface area contributed by atoms with E-state index in [1.807, 2.05) is 31.1 Å². The molecule has 1 aromatic rings. The van der Waals surface area contributed by atoms with Crippen LogP contribution in [0.25, 0.3) is 0 Å². The summed E-state index contributed by atoms with van der Waals surface area (Å²) in [5.74, 6) is 0.825. The van der Waals surface area contributed by atoms with Gasteiger partial charge in [0, 0.05) is 31.7 Å². The van der Waals surface area contributed by atoms with Crippen molar-refractivity contribution in [2.75, 3.05) is 33.7 Å². The van der Waals surface area contributed by atoms with Crippen LogP contribution in [0.5, 0.6) is 0 Å². The zero-order valence-electron chi connectivity index (χ0n) is 14.3. The molecule has 6 heteroatoms. The molecule has 0 spiro atoms. The molecule has 0 aliphatic carbocycles. The Kier molecular flexibility index (Phi) is 8.83. The van der Waals surface area contributed by atoms with E-state index in [1.54, 1.807) is 6.07 Å². The Balaban J connectivity index is 0.00000264. The highest BCUT2D eigenvalue weighted by Crippen LogP contribution is 2.14. The predicted molar refractivity (Wildman–Crippen MR) is 105 cm³/mol. The van der Waals surface area contributed by atoms with Gasteiger partial charge < -0.3 is 15.1 Å². The molecule has 0 unspecified atom stereocenters. The number of nitrogens with zero attached hydrogens (tertiary/aromatic N) is 3. The van der Waals surface area contributed by atoms with Crippen molar-refractivity contribution in [3.05, 3.63) is 35.1 Å². The van der Waals surface area contributed by atoms with Crippen LogP contribution in [0.15, 0.2) is 23.2 Å². The van der Waals surface area contributed by atoms with Crippen molar-refractivity contribution in [2.45, 2.75) is 32.9 Å². The van der Waals surface area contributed by atoms with Gasteiger partial charge in [-0.2, -0.15) is 0 Å². The Hall–Kier alpha value is -0.890. The van der Waals surface area contributed by atoms with Crippen molar-refractivity contribution < 1.29 is 4.39 Å². The Morgan fingerprint density at radius 3 is 2.61 bits per heavy atom. The van der Waals surface area contributed by atoms with Crippen molar-refractivity contribution in [1.82, 2.24) is 15.1 Å². The molecule has 1 aliphatic rings. The minimum atomic E-state index is -0.145. The molecule has 0 amide bonds. The van der Waals surface area contributed by atoms with E-state index in [2.05, 4.69) is 17.1 Å². The monoisotopic (exact) mass is 434 g/mol. The highest BCUT2D eigenvalue weighted by molar-refractivity contribution is 14.0. The van der Waals surface area contributed by atoms with Crippen LogP contribution in [0.3, 0.4) is 0 Å². The first-order valence-electron chi connectivity index (χ1n) is 8.05. The molecular weight excluding hydrogens is 406 g/mol. The van der Waals surface area contributed by atoms with Crippen molar-refractivity contribution in [2.24, 2.45) is 4.99 Å². The number of rotatable bonds is 5. The second-order valence-electron chi connectivity index (χ2n) is 6.03. The molecule has 2 rings (SSSR count). The van der Waals surface area contributed by atoms with E-state index in [9.17, 15) is 4.39 Å². The molecule has 4 nitrogen and oxygen atoms in total. The maximum atomic E-state index is 13.8. The second kappa shape index (κ2) is 10.1. The quantitative estimate of drug-likeness (QED) is 0.439. The lowest BCUT2D eigenvalue weighted by Crippen LogP contribution is -2.39. The summed E-state index contributed by atoms with van der Waals surface area (Å²) in [6, 6.07) is 5.30. The van der Waals surface area contributed by atoms with Crippen LogP contribution in [0, 0.1) is 5.82 Å². The van der Waals surface area contributed by atoms with E-state index in [0.717, 1.165) is 36.7 Å². The minimum Gasteiger partial charge on any atom is -0.357 e.